The number of carbonyl (C=O) groups excluding carboxylic acids is 1. The molecule has 0 spiro atoms. The number of rotatable bonds is 4. The van der Waals surface area contributed by atoms with E-state index in [4.69, 9.17) is 11.6 Å². The average molecular weight is 472 g/mol. The highest BCUT2D eigenvalue weighted by Crippen LogP contribution is 2.42. The predicted molar refractivity (Wildman–Crippen MR) is 132 cm³/mol. The summed E-state index contributed by atoms with van der Waals surface area (Å²) in [5, 5.41) is 26.6. The smallest absolute Gasteiger partial charge is 0.270 e. The van der Waals surface area contributed by atoms with Crippen LogP contribution in [0.4, 0.5) is 5.95 Å². The zero-order valence-electron chi connectivity index (χ0n) is 18.5. The molecule has 0 fully saturated rings. The SMILES string of the molecule is Cc1ccc(C2=C(c3ccc(O)cc3)c3ccc(C(=O)Nc4nn[nH]n4)cc3CCC2)c(Cl)c1. The van der Waals surface area contributed by atoms with E-state index < -0.39 is 0 Å². The number of H-pyrrole nitrogens is 1. The number of phenolic OH excluding ortho intramolecular Hbond substituents is 1. The number of hydrogen-bond acceptors (Lipinski definition) is 5. The number of tetrazole rings is 1. The van der Waals surface area contributed by atoms with Crippen molar-refractivity contribution in [3.63, 3.8) is 0 Å². The molecule has 3 N–H and O–H groups in total. The van der Waals surface area contributed by atoms with E-state index in [0.29, 0.717) is 10.6 Å². The molecular weight excluding hydrogens is 450 g/mol. The number of fused-ring (bicyclic) bond motifs is 1. The van der Waals surface area contributed by atoms with Gasteiger partial charge in [0.05, 0.1) is 0 Å². The minimum Gasteiger partial charge on any atom is -0.508 e. The number of hydrogen-bond donors (Lipinski definition) is 3. The molecule has 3 aromatic carbocycles. The quantitative estimate of drug-likeness (QED) is 0.369. The molecule has 1 aliphatic rings. The number of halogens is 1. The van der Waals surface area contributed by atoms with Gasteiger partial charge in [-0.2, -0.15) is 5.21 Å². The van der Waals surface area contributed by atoms with Crippen molar-refractivity contribution in [1.82, 2.24) is 20.6 Å². The molecule has 5 rings (SSSR count). The number of phenols is 1. The second-order valence-electron chi connectivity index (χ2n) is 8.30. The average Bonchev–Trinajstić information content (AvgIpc) is 3.26. The molecule has 0 bridgehead atoms. The van der Waals surface area contributed by atoms with Gasteiger partial charge in [-0.1, -0.05) is 47.0 Å². The molecule has 1 heterocycles. The number of carbonyl (C=O) groups is 1. The van der Waals surface area contributed by atoms with E-state index in [0.717, 1.165) is 58.2 Å². The van der Waals surface area contributed by atoms with Crippen molar-refractivity contribution in [2.24, 2.45) is 0 Å². The third-order valence-electron chi connectivity index (χ3n) is 5.99. The van der Waals surface area contributed by atoms with E-state index in [1.54, 1.807) is 18.2 Å². The fourth-order valence-electron chi connectivity index (χ4n) is 4.41. The van der Waals surface area contributed by atoms with Crippen LogP contribution in [-0.4, -0.2) is 31.6 Å². The fourth-order valence-corrected chi connectivity index (χ4v) is 4.76. The zero-order chi connectivity index (χ0) is 23.7. The molecule has 4 aromatic rings. The van der Waals surface area contributed by atoms with Crippen molar-refractivity contribution in [2.45, 2.75) is 26.2 Å². The second kappa shape index (κ2) is 9.11. The number of amides is 1. The first-order valence-corrected chi connectivity index (χ1v) is 11.3. The standard InChI is InChI=1S/C26H22ClN5O2/c1-15-5-11-21(23(27)13-15)22-4-2-3-17-14-18(25(34)28-26-29-31-32-30-26)8-12-20(17)24(22)16-6-9-19(33)10-7-16/h5-14,33H,2-4H2,1H3,(H2,28,29,30,31,32,34). The van der Waals surface area contributed by atoms with Gasteiger partial charge in [0.2, 0.25) is 0 Å². The Morgan fingerprint density at radius 2 is 1.82 bits per heavy atom. The molecule has 1 aliphatic carbocycles. The number of anilines is 1. The van der Waals surface area contributed by atoms with Crippen LogP contribution in [0.25, 0.3) is 11.1 Å². The van der Waals surface area contributed by atoms with Gasteiger partial charge in [0.1, 0.15) is 5.75 Å². The lowest BCUT2D eigenvalue weighted by Crippen LogP contribution is -2.13. The topological polar surface area (TPSA) is 104 Å². The van der Waals surface area contributed by atoms with E-state index in [2.05, 4.69) is 38.1 Å². The summed E-state index contributed by atoms with van der Waals surface area (Å²) in [6.07, 6.45) is 2.55. The highest BCUT2D eigenvalue weighted by atomic mass is 35.5. The first kappa shape index (κ1) is 21.9. The molecule has 1 amide bonds. The van der Waals surface area contributed by atoms with Crippen LogP contribution in [0.5, 0.6) is 5.75 Å². The Morgan fingerprint density at radius 3 is 2.56 bits per heavy atom. The van der Waals surface area contributed by atoms with E-state index >= 15 is 0 Å². The highest BCUT2D eigenvalue weighted by Gasteiger charge is 2.23. The Balaban J connectivity index is 1.65. The normalized spacial score (nSPS) is 13.4. The van der Waals surface area contributed by atoms with Crippen LogP contribution in [0, 0.1) is 6.92 Å². The molecule has 1 aromatic heterocycles. The lowest BCUT2D eigenvalue weighted by Gasteiger charge is -2.18. The number of aryl methyl sites for hydroxylation is 2. The summed E-state index contributed by atoms with van der Waals surface area (Å²) in [6.45, 7) is 2.02. The maximum atomic E-state index is 12.7. The molecule has 0 saturated carbocycles. The molecule has 34 heavy (non-hydrogen) atoms. The number of nitrogens with zero attached hydrogens (tertiary/aromatic N) is 3. The molecule has 170 valence electrons. The van der Waals surface area contributed by atoms with Crippen LogP contribution in [0.2, 0.25) is 5.02 Å². The summed E-state index contributed by atoms with van der Waals surface area (Å²) in [7, 11) is 0. The molecule has 7 nitrogen and oxygen atoms in total. The van der Waals surface area contributed by atoms with Crippen LogP contribution in [0.15, 0.2) is 60.7 Å². The van der Waals surface area contributed by atoms with Gasteiger partial charge in [0.15, 0.2) is 0 Å². The molecular formula is C26H22ClN5O2. The lowest BCUT2D eigenvalue weighted by molar-refractivity contribution is 0.102. The van der Waals surface area contributed by atoms with E-state index in [1.807, 2.05) is 37.3 Å². The van der Waals surface area contributed by atoms with Crippen molar-refractivity contribution in [3.8, 4) is 5.75 Å². The predicted octanol–water partition coefficient (Wildman–Crippen LogP) is 5.41. The second-order valence-corrected chi connectivity index (χ2v) is 8.71. The van der Waals surface area contributed by atoms with Crippen LogP contribution in [-0.2, 0) is 6.42 Å². The largest absolute Gasteiger partial charge is 0.508 e. The third kappa shape index (κ3) is 4.30. The highest BCUT2D eigenvalue weighted by molar-refractivity contribution is 6.33. The Morgan fingerprint density at radius 1 is 1.03 bits per heavy atom. The van der Waals surface area contributed by atoms with Gasteiger partial charge in [-0.25, -0.2) is 0 Å². The fraction of sp³-hybridized carbons (Fsp3) is 0.154. The van der Waals surface area contributed by atoms with Crippen molar-refractivity contribution in [3.05, 3.63) is 99.1 Å². The van der Waals surface area contributed by atoms with E-state index in [-0.39, 0.29) is 17.6 Å². The molecule has 0 saturated heterocycles. The van der Waals surface area contributed by atoms with Crippen LogP contribution >= 0.6 is 11.6 Å². The zero-order valence-corrected chi connectivity index (χ0v) is 19.2. The van der Waals surface area contributed by atoms with Gasteiger partial charge < -0.3 is 5.11 Å². The molecule has 0 unspecified atom stereocenters. The van der Waals surface area contributed by atoms with Crippen LogP contribution in [0.3, 0.4) is 0 Å². The van der Waals surface area contributed by atoms with Crippen LogP contribution in [0.1, 0.15) is 51.0 Å². The third-order valence-corrected chi connectivity index (χ3v) is 6.30. The Bertz CT molecular complexity index is 1400. The summed E-state index contributed by atoms with van der Waals surface area (Å²) < 4.78 is 0. The summed E-state index contributed by atoms with van der Waals surface area (Å²) >= 11 is 6.71. The number of aromatic nitrogens is 4. The van der Waals surface area contributed by atoms with Crippen molar-refractivity contribution in [1.29, 1.82) is 0 Å². The minimum atomic E-state index is -0.301. The van der Waals surface area contributed by atoms with Gasteiger partial charge in [-0.3, -0.25) is 10.1 Å². The number of aromatic hydroxyl groups is 1. The summed E-state index contributed by atoms with van der Waals surface area (Å²) in [6, 6.07) is 19.0. The van der Waals surface area contributed by atoms with E-state index in [1.165, 1.54) is 0 Å². The van der Waals surface area contributed by atoms with Crippen molar-refractivity contribution < 1.29 is 9.90 Å². The van der Waals surface area contributed by atoms with Crippen molar-refractivity contribution in [2.75, 3.05) is 5.32 Å². The summed E-state index contributed by atoms with van der Waals surface area (Å²) in [5.41, 5.74) is 7.94. The number of nitrogens with one attached hydrogen (secondary N) is 2. The first-order chi connectivity index (χ1) is 16.5. The maximum absolute atomic E-state index is 12.7. The monoisotopic (exact) mass is 471 g/mol. The molecule has 0 atom stereocenters. The molecule has 0 aliphatic heterocycles. The summed E-state index contributed by atoms with van der Waals surface area (Å²) in [4.78, 5) is 12.7. The Labute approximate surface area is 201 Å². The first-order valence-electron chi connectivity index (χ1n) is 11.0. The van der Waals surface area contributed by atoms with Gasteiger partial charge in [-0.05, 0) is 101 Å². The maximum Gasteiger partial charge on any atom is 0.270 e. The Hall–Kier alpha value is -3.97. The number of allylic oxidation sites excluding steroid dienone is 1. The van der Waals surface area contributed by atoms with Gasteiger partial charge >= 0.3 is 0 Å². The van der Waals surface area contributed by atoms with E-state index in [9.17, 15) is 9.90 Å². The van der Waals surface area contributed by atoms with Crippen LogP contribution < -0.4 is 5.32 Å². The number of benzene rings is 3. The molecule has 0 radical (unpaired) electrons. The summed E-state index contributed by atoms with van der Waals surface area (Å²) in [5.74, 6) is 0.0351. The lowest BCUT2D eigenvalue weighted by atomic mass is 9.87. The van der Waals surface area contributed by atoms with Gasteiger partial charge in [0.25, 0.3) is 11.9 Å². The van der Waals surface area contributed by atoms with Crippen molar-refractivity contribution >= 4 is 34.6 Å². The van der Waals surface area contributed by atoms with Gasteiger partial charge in [0, 0.05) is 10.6 Å². The van der Waals surface area contributed by atoms with Gasteiger partial charge in [-0.15, -0.1) is 5.10 Å². The molecule has 8 heteroatoms. The Kier molecular flexibility index (Phi) is 5.86. The minimum absolute atomic E-state index is 0.126. The number of aromatic amines is 1.